The number of phenols is 1. The summed E-state index contributed by atoms with van der Waals surface area (Å²) in [5.74, 6) is -3.19. The Morgan fingerprint density at radius 1 is 0.974 bits per heavy atom. The zero-order valence-corrected chi connectivity index (χ0v) is 22.8. The van der Waals surface area contributed by atoms with Crippen LogP contribution in [-0.4, -0.2) is 93.8 Å². The number of phenolic OH excluding ortho intramolecular Hbond substituents is 1. The molecule has 0 spiro atoms. The van der Waals surface area contributed by atoms with E-state index in [0.29, 0.717) is 11.3 Å². The average Bonchev–Trinajstić information content (AvgIpc) is 2.87. The summed E-state index contributed by atoms with van der Waals surface area (Å²) >= 11 is 1.40. The summed E-state index contributed by atoms with van der Waals surface area (Å²) in [4.78, 5) is 54.1. The van der Waals surface area contributed by atoms with Crippen molar-refractivity contribution >= 4 is 41.4 Å². The van der Waals surface area contributed by atoms with Crippen molar-refractivity contribution in [3.8, 4) is 5.75 Å². The van der Waals surface area contributed by atoms with Gasteiger partial charge < -0.3 is 48.5 Å². The van der Waals surface area contributed by atoms with Crippen LogP contribution in [0.25, 0.3) is 0 Å². The lowest BCUT2D eigenvalue weighted by Gasteiger charge is -2.26. The molecule has 0 aliphatic heterocycles. The fourth-order valence-corrected chi connectivity index (χ4v) is 3.91. The number of hydrogen-bond donors (Lipinski definition) is 9. The molecule has 12 N–H and O–H groups in total. The van der Waals surface area contributed by atoms with Crippen LogP contribution in [0.2, 0.25) is 0 Å². The highest BCUT2D eigenvalue weighted by atomic mass is 32.2. The second-order valence-electron chi connectivity index (χ2n) is 8.89. The molecule has 15 heteroatoms. The van der Waals surface area contributed by atoms with E-state index in [0.717, 1.165) is 0 Å². The number of benzene rings is 1. The third-order valence-electron chi connectivity index (χ3n) is 5.59. The number of aromatic hydroxyl groups is 1. The zero-order valence-electron chi connectivity index (χ0n) is 22.0. The van der Waals surface area contributed by atoms with Gasteiger partial charge in [0.1, 0.15) is 23.9 Å². The molecule has 1 rings (SSSR count). The van der Waals surface area contributed by atoms with E-state index in [1.165, 1.54) is 30.8 Å². The molecule has 0 fully saturated rings. The first-order valence-corrected chi connectivity index (χ1v) is 13.6. The Morgan fingerprint density at radius 2 is 1.59 bits per heavy atom. The number of carbonyl (C=O) groups excluding carboxylic acids is 3. The number of amides is 3. The molecule has 1 aromatic carbocycles. The number of rotatable bonds is 17. The monoisotopic (exact) mass is 569 g/mol. The number of aliphatic imine (C=N–C) groups is 1. The summed E-state index contributed by atoms with van der Waals surface area (Å²) in [5.41, 5.74) is 17.4. The van der Waals surface area contributed by atoms with Crippen molar-refractivity contribution in [1.29, 1.82) is 0 Å². The highest BCUT2D eigenvalue weighted by molar-refractivity contribution is 7.98. The largest absolute Gasteiger partial charge is 0.508 e. The van der Waals surface area contributed by atoms with Crippen molar-refractivity contribution in [2.75, 3.05) is 18.6 Å². The fourth-order valence-electron chi connectivity index (χ4n) is 3.44. The van der Waals surface area contributed by atoms with Gasteiger partial charge in [-0.05, 0) is 62.3 Å². The number of aliphatic hydroxyl groups is 1. The topological polar surface area (TPSA) is 255 Å². The van der Waals surface area contributed by atoms with Crippen molar-refractivity contribution in [3.63, 3.8) is 0 Å². The van der Waals surface area contributed by atoms with E-state index in [1.54, 1.807) is 18.4 Å². The summed E-state index contributed by atoms with van der Waals surface area (Å²) in [7, 11) is 0. The van der Waals surface area contributed by atoms with Gasteiger partial charge in [0.05, 0.1) is 12.1 Å². The lowest BCUT2D eigenvalue weighted by molar-refractivity contribution is -0.143. The molecule has 1 aromatic rings. The molecule has 0 radical (unpaired) electrons. The van der Waals surface area contributed by atoms with Crippen LogP contribution in [0.15, 0.2) is 29.3 Å². The van der Waals surface area contributed by atoms with Crippen LogP contribution in [0.3, 0.4) is 0 Å². The Morgan fingerprint density at radius 3 is 2.13 bits per heavy atom. The lowest BCUT2D eigenvalue weighted by atomic mass is 10.0. The maximum absolute atomic E-state index is 13.1. The number of aliphatic hydroxyl groups excluding tert-OH is 1. The number of carboxylic acid groups (broad SMARTS) is 1. The van der Waals surface area contributed by atoms with E-state index < -0.39 is 54.0 Å². The SMILES string of the molecule is CSCCC(NC(=O)C(NC(=O)C(CCCN=C(N)N)NC(=O)C(N)Cc1ccc(O)cc1)C(C)O)C(=O)O. The van der Waals surface area contributed by atoms with Crippen LogP contribution < -0.4 is 33.2 Å². The number of carboxylic acids is 1. The van der Waals surface area contributed by atoms with Crippen LogP contribution in [0.1, 0.15) is 31.7 Å². The molecule has 0 heterocycles. The first-order chi connectivity index (χ1) is 18.3. The highest BCUT2D eigenvalue weighted by Crippen LogP contribution is 2.11. The number of aliphatic carboxylic acids is 1. The van der Waals surface area contributed by atoms with Crippen LogP contribution in [-0.2, 0) is 25.6 Å². The molecular weight excluding hydrogens is 530 g/mol. The minimum atomic E-state index is -1.49. The number of hydrogen-bond acceptors (Lipinski definition) is 9. The number of nitrogens with zero attached hydrogens (tertiary/aromatic N) is 1. The highest BCUT2D eigenvalue weighted by Gasteiger charge is 2.32. The van der Waals surface area contributed by atoms with Crippen molar-refractivity contribution in [2.24, 2.45) is 22.2 Å². The van der Waals surface area contributed by atoms with E-state index in [4.69, 9.17) is 17.2 Å². The molecule has 0 aromatic heterocycles. The minimum Gasteiger partial charge on any atom is -0.508 e. The number of nitrogens with one attached hydrogen (secondary N) is 3. The lowest BCUT2D eigenvalue weighted by Crippen LogP contribution is -2.60. The zero-order chi connectivity index (χ0) is 29.5. The quantitative estimate of drug-likeness (QED) is 0.0562. The number of carbonyl (C=O) groups is 4. The summed E-state index contributed by atoms with van der Waals surface area (Å²) in [5, 5.41) is 36.3. The molecule has 218 valence electrons. The Balaban J connectivity index is 2.99. The molecule has 39 heavy (non-hydrogen) atoms. The normalized spacial score (nSPS) is 14.7. The molecule has 3 amide bonds. The maximum atomic E-state index is 13.1. The van der Waals surface area contributed by atoms with Crippen molar-refractivity contribution < 1.29 is 34.5 Å². The Kier molecular flexibility index (Phi) is 14.7. The van der Waals surface area contributed by atoms with Gasteiger partial charge in [-0.15, -0.1) is 0 Å². The van der Waals surface area contributed by atoms with Crippen molar-refractivity contribution in [3.05, 3.63) is 29.8 Å². The van der Waals surface area contributed by atoms with Crippen molar-refractivity contribution in [2.45, 2.75) is 62.9 Å². The third-order valence-corrected chi connectivity index (χ3v) is 6.24. The molecule has 0 saturated carbocycles. The molecule has 0 saturated heterocycles. The Hall–Kier alpha value is -3.56. The van der Waals surface area contributed by atoms with Gasteiger partial charge in [0.15, 0.2) is 5.96 Å². The van der Waals surface area contributed by atoms with Crippen molar-refractivity contribution in [1.82, 2.24) is 16.0 Å². The average molecular weight is 570 g/mol. The fraction of sp³-hybridized carbons (Fsp3) is 0.542. The molecular formula is C24H39N7O7S. The molecule has 14 nitrogen and oxygen atoms in total. The van der Waals surface area contributed by atoms with Gasteiger partial charge >= 0.3 is 5.97 Å². The summed E-state index contributed by atoms with van der Waals surface area (Å²) in [6.45, 7) is 1.43. The van der Waals surface area contributed by atoms with Crippen LogP contribution in [0.5, 0.6) is 5.75 Å². The second kappa shape index (κ2) is 17.1. The minimum absolute atomic E-state index is 0.0601. The van der Waals surface area contributed by atoms with Gasteiger partial charge in [-0.1, -0.05) is 12.1 Å². The van der Waals surface area contributed by atoms with Gasteiger partial charge in [-0.3, -0.25) is 19.4 Å². The van der Waals surface area contributed by atoms with Gasteiger partial charge in [-0.25, -0.2) is 4.79 Å². The summed E-state index contributed by atoms with van der Waals surface area (Å²) < 4.78 is 0. The molecule has 5 atom stereocenters. The van der Waals surface area contributed by atoms with Crippen LogP contribution in [0, 0.1) is 0 Å². The van der Waals surface area contributed by atoms with Gasteiger partial charge in [-0.2, -0.15) is 11.8 Å². The number of thioether (sulfide) groups is 1. The van der Waals surface area contributed by atoms with Gasteiger partial charge in [0.25, 0.3) is 0 Å². The number of nitrogens with two attached hydrogens (primary N) is 3. The number of guanidine groups is 1. The standard InChI is InChI=1S/C24H39N7O7S/c1-13(32)19(22(36)30-18(23(37)38)9-11-39-2)31-21(35)17(4-3-10-28-24(26)27)29-20(34)16(25)12-14-5-7-15(33)8-6-14/h5-8,13,16-19,32-33H,3-4,9-12,25H2,1-2H3,(H,29,34)(H,30,36)(H,31,35)(H,37,38)(H4,26,27,28). The van der Waals surface area contributed by atoms with Crippen LogP contribution >= 0.6 is 11.8 Å². The van der Waals surface area contributed by atoms with E-state index in [2.05, 4.69) is 20.9 Å². The summed E-state index contributed by atoms with van der Waals surface area (Å²) in [6.07, 6.45) is 1.03. The van der Waals surface area contributed by atoms with E-state index in [1.807, 2.05) is 0 Å². The third kappa shape index (κ3) is 12.7. The summed E-state index contributed by atoms with van der Waals surface area (Å²) in [6, 6.07) is 1.22. The van der Waals surface area contributed by atoms with Gasteiger partial charge in [0.2, 0.25) is 17.7 Å². The smallest absolute Gasteiger partial charge is 0.326 e. The maximum Gasteiger partial charge on any atom is 0.326 e. The Labute approximate surface area is 231 Å². The first-order valence-electron chi connectivity index (χ1n) is 12.3. The Bertz CT molecular complexity index is 988. The van der Waals surface area contributed by atoms with Crippen LogP contribution in [0.4, 0.5) is 0 Å². The molecule has 0 bridgehead atoms. The van der Waals surface area contributed by atoms with E-state index in [-0.39, 0.29) is 43.9 Å². The second-order valence-corrected chi connectivity index (χ2v) is 9.88. The predicted octanol–water partition coefficient (Wildman–Crippen LogP) is -2.01. The molecule has 5 unspecified atom stereocenters. The first kappa shape index (κ1) is 33.5. The predicted molar refractivity (Wildman–Crippen MR) is 148 cm³/mol. The molecule has 0 aliphatic rings. The van der Waals surface area contributed by atoms with Gasteiger partial charge in [0, 0.05) is 6.54 Å². The van der Waals surface area contributed by atoms with E-state index in [9.17, 15) is 34.5 Å². The molecule has 0 aliphatic carbocycles. The van der Waals surface area contributed by atoms with E-state index >= 15 is 0 Å².